The van der Waals surface area contributed by atoms with E-state index in [-0.39, 0.29) is 42.5 Å². The Morgan fingerprint density at radius 3 is 2.18 bits per heavy atom. The summed E-state index contributed by atoms with van der Waals surface area (Å²) in [5.41, 5.74) is 0. The van der Waals surface area contributed by atoms with Crippen molar-refractivity contribution >= 4 is 17.7 Å². The van der Waals surface area contributed by atoms with Gasteiger partial charge in [-0.15, -0.1) is 0 Å². The van der Waals surface area contributed by atoms with Crippen LogP contribution in [0.15, 0.2) is 24.3 Å². The van der Waals surface area contributed by atoms with Crippen molar-refractivity contribution in [1.82, 2.24) is 10.2 Å². The van der Waals surface area contributed by atoms with Gasteiger partial charge in [-0.05, 0) is 44.0 Å². The highest BCUT2D eigenvalue weighted by atomic mass is 16.5. The van der Waals surface area contributed by atoms with E-state index >= 15 is 0 Å². The quantitative estimate of drug-likeness (QED) is 0.518. The molecule has 1 aromatic rings. The van der Waals surface area contributed by atoms with Crippen molar-refractivity contribution in [3.63, 3.8) is 0 Å². The third kappa shape index (κ3) is 4.82. The predicted molar refractivity (Wildman–Crippen MR) is 103 cm³/mol. The number of likely N-dealkylation sites (tertiary alicyclic amines) is 1. The zero-order chi connectivity index (χ0) is 19.9. The molecule has 1 saturated carbocycles. The number of nitrogens with zero attached hydrogens (tertiary/aromatic N) is 1. The third-order valence-electron chi connectivity index (χ3n) is 5.32. The topological polar surface area (TPSA) is 84.9 Å². The summed E-state index contributed by atoms with van der Waals surface area (Å²) in [5.74, 6) is 0.787. The number of ether oxygens (including phenoxy) is 2. The van der Waals surface area contributed by atoms with Crippen molar-refractivity contribution in [2.45, 2.75) is 39.0 Å². The molecule has 2 fully saturated rings. The number of hydrogen-bond acceptors (Lipinski definition) is 5. The molecule has 7 nitrogen and oxygen atoms in total. The van der Waals surface area contributed by atoms with Crippen LogP contribution in [-0.4, -0.2) is 48.9 Å². The van der Waals surface area contributed by atoms with Gasteiger partial charge in [0, 0.05) is 13.0 Å². The molecular weight excluding hydrogens is 360 g/mol. The average Bonchev–Trinajstić information content (AvgIpc) is 2.96. The predicted octanol–water partition coefficient (Wildman–Crippen LogP) is 2.15. The molecule has 152 valence electrons. The van der Waals surface area contributed by atoms with E-state index in [2.05, 4.69) is 5.32 Å². The largest absolute Gasteiger partial charge is 0.494 e. The standard InChI is InChI=1S/C21H28N2O5/c1-2-27-15-7-9-16(10-8-15)28-14-12-22-19(24)11-13-23-20(25)17-5-3-4-6-18(17)21(23)26/h7-10,17-18H,2-6,11-14H2,1H3,(H,22,24)/t17-,18+. The Morgan fingerprint density at radius 1 is 1.04 bits per heavy atom. The average molecular weight is 388 g/mol. The number of hydrogen-bond donors (Lipinski definition) is 1. The summed E-state index contributed by atoms with van der Waals surface area (Å²) < 4.78 is 10.9. The molecule has 1 aromatic carbocycles. The van der Waals surface area contributed by atoms with E-state index in [0.29, 0.717) is 25.5 Å². The smallest absolute Gasteiger partial charge is 0.233 e. The molecule has 1 aliphatic carbocycles. The van der Waals surface area contributed by atoms with Crippen LogP contribution >= 0.6 is 0 Å². The first-order valence-electron chi connectivity index (χ1n) is 10.1. The van der Waals surface area contributed by atoms with Crippen molar-refractivity contribution in [1.29, 1.82) is 0 Å². The van der Waals surface area contributed by atoms with Gasteiger partial charge >= 0.3 is 0 Å². The van der Waals surface area contributed by atoms with Gasteiger partial charge in [-0.25, -0.2) is 0 Å². The second-order valence-electron chi connectivity index (χ2n) is 7.18. The van der Waals surface area contributed by atoms with Crippen LogP contribution in [0, 0.1) is 11.8 Å². The molecule has 0 bridgehead atoms. The van der Waals surface area contributed by atoms with Crippen LogP contribution in [-0.2, 0) is 14.4 Å². The summed E-state index contributed by atoms with van der Waals surface area (Å²) in [5, 5.41) is 2.76. The first-order chi connectivity index (χ1) is 13.6. The molecule has 1 N–H and O–H groups in total. The van der Waals surface area contributed by atoms with Crippen molar-refractivity contribution < 1.29 is 23.9 Å². The molecule has 28 heavy (non-hydrogen) atoms. The van der Waals surface area contributed by atoms with E-state index in [1.807, 2.05) is 31.2 Å². The number of carbonyl (C=O) groups excluding carboxylic acids is 3. The maximum Gasteiger partial charge on any atom is 0.233 e. The van der Waals surface area contributed by atoms with Crippen molar-refractivity contribution in [2.75, 3.05) is 26.3 Å². The molecule has 1 aliphatic heterocycles. The Labute approximate surface area is 165 Å². The molecule has 3 rings (SSSR count). The number of fused-ring (bicyclic) bond motifs is 1. The lowest BCUT2D eigenvalue weighted by molar-refractivity contribution is -0.140. The summed E-state index contributed by atoms with van der Waals surface area (Å²) in [6, 6.07) is 7.30. The van der Waals surface area contributed by atoms with Gasteiger partial charge in [-0.1, -0.05) is 12.8 Å². The highest BCUT2D eigenvalue weighted by Gasteiger charge is 2.47. The van der Waals surface area contributed by atoms with E-state index in [4.69, 9.17) is 9.47 Å². The molecule has 3 amide bonds. The van der Waals surface area contributed by atoms with Gasteiger partial charge in [-0.2, -0.15) is 0 Å². The van der Waals surface area contributed by atoms with Crippen molar-refractivity contribution in [3.05, 3.63) is 24.3 Å². The number of rotatable bonds is 9. The summed E-state index contributed by atoms with van der Waals surface area (Å²) in [6.45, 7) is 3.40. The fraction of sp³-hybridized carbons (Fsp3) is 0.571. The molecule has 2 atom stereocenters. The van der Waals surface area contributed by atoms with Gasteiger partial charge in [0.2, 0.25) is 17.7 Å². The van der Waals surface area contributed by atoms with Gasteiger partial charge in [0.15, 0.2) is 0 Å². The molecular formula is C21H28N2O5. The fourth-order valence-electron chi connectivity index (χ4n) is 3.91. The number of imide groups is 1. The molecule has 7 heteroatoms. The Hall–Kier alpha value is -2.57. The van der Waals surface area contributed by atoms with Crippen LogP contribution in [0.5, 0.6) is 11.5 Å². The molecule has 2 aliphatic rings. The van der Waals surface area contributed by atoms with E-state index in [1.165, 1.54) is 4.90 Å². The number of benzene rings is 1. The fourth-order valence-corrected chi connectivity index (χ4v) is 3.91. The van der Waals surface area contributed by atoms with Crippen molar-refractivity contribution in [2.24, 2.45) is 11.8 Å². The lowest BCUT2D eigenvalue weighted by Gasteiger charge is -2.19. The van der Waals surface area contributed by atoms with E-state index in [9.17, 15) is 14.4 Å². The highest BCUT2D eigenvalue weighted by molar-refractivity contribution is 6.05. The molecule has 0 aromatic heterocycles. The Balaban J connectivity index is 1.34. The maximum atomic E-state index is 12.4. The maximum absolute atomic E-state index is 12.4. The minimum Gasteiger partial charge on any atom is -0.494 e. The highest BCUT2D eigenvalue weighted by Crippen LogP contribution is 2.37. The van der Waals surface area contributed by atoms with Gasteiger partial charge in [-0.3, -0.25) is 19.3 Å². The second-order valence-corrected chi connectivity index (χ2v) is 7.18. The summed E-state index contributed by atoms with van der Waals surface area (Å²) in [6.07, 6.45) is 3.72. The van der Waals surface area contributed by atoms with Crippen molar-refractivity contribution in [3.8, 4) is 11.5 Å². The number of nitrogens with one attached hydrogen (secondary N) is 1. The van der Waals surface area contributed by atoms with Crippen LogP contribution in [0.3, 0.4) is 0 Å². The van der Waals surface area contributed by atoms with E-state index in [1.54, 1.807) is 0 Å². The lowest BCUT2D eigenvalue weighted by atomic mass is 9.81. The van der Waals surface area contributed by atoms with E-state index in [0.717, 1.165) is 31.4 Å². The second kappa shape index (κ2) is 9.57. The normalized spacial score (nSPS) is 21.4. The summed E-state index contributed by atoms with van der Waals surface area (Å²) in [7, 11) is 0. The lowest BCUT2D eigenvalue weighted by Crippen LogP contribution is -2.36. The molecule has 0 radical (unpaired) electrons. The minimum absolute atomic E-state index is 0.0960. The first kappa shape index (κ1) is 20.2. The summed E-state index contributed by atoms with van der Waals surface area (Å²) >= 11 is 0. The monoisotopic (exact) mass is 388 g/mol. The zero-order valence-electron chi connectivity index (χ0n) is 16.3. The SMILES string of the molecule is CCOc1ccc(OCCNC(=O)CCN2C(=O)[C@H]3CCCC[C@H]3C2=O)cc1. The Kier molecular flexibility index (Phi) is 6.90. The molecule has 1 heterocycles. The Bertz CT molecular complexity index is 679. The molecule has 1 saturated heterocycles. The van der Waals surface area contributed by atoms with Gasteiger partial charge in [0.25, 0.3) is 0 Å². The first-order valence-corrected chi connectivity index (χ1v) is 10.1. The van der Waals surface area contributed by atoms with Gasteiger partial charge in [0.05, 0.1) is 25.0 Å². The van der Waals surface area contributed by atoms with Crippen LogP contribution in [0.4, 0.5) is 0 Å². The molecule has 0 unspecified atom stereocenters. The molecule has 0 spiro atoms. The van der Waals surface area contributed by atoms with Crippen LogP contribution < -0.4 is 14.8 Å². The van der Waals surface area contributed by atoms with Crippen LogP contribution in [0.1, 0.15) is 39.0 Å². The third-order valence-corrected chi connectivity index (χ3v) is 5.32. The van der Waals surface area contributed by atoms with Gasteiger partial charge in [0.1, 0.15) is 18.1 Å². The van der Waals surface area contributed by atoms with Crippen LogP contribution in [0.2, 0.25) is 0 Å². The zero-order valence-corrected chi connectivity index (χ0v) is 16.3. The van der Waals surface area contributed by atoms with Gasteiger partial charge < -0.3 is 14.8 Å². The van der Waals surface area contributed by atoms with E-state index < -0.39 is 0 Å². The summed E-state index contributed by atoms with van der Waals surface area (Å²) in [4.78, 5) is 38.1. The van der Waals surface area contributed by atoms with Crippen LogP contribution in [0.25, 0.3) is 0 Å². The Morgan fingerprint density at radius 2 is 1.61 bits per heavy atom. The minimum atomic E-state index is -0.189. The number of amides is 3. The number of carbonyl (C=O) groups is 3.